The average molecular weight is 398 g/mol. The molecule has 3 aromatic rings. The average Bonchev–Trinajstić information content (AvgIpc) is 2.68. The van der Waals surface area contributed by atoms with Gasteiger partial charge in [-0.25, -0.2) is 18.0 Å². The molecule has 0 unspecified atom stereocenters. The highest BCUT2D eigenvalue weighted by atomic mass is 19.1. The normalized spacial score (nSPS) is 10.8. The van der Waals surface area contributed by atoms with Crippen molar-refractivity contribution in [1.29, 1.82) is 0 Å². The molecular weight excluding hydrogens is 377 g/mol. The first-order valence-electron chi connectivity index (χ1n) is 9.51. The Morgan fingerprint density at radius 1 is 0.862 bits per heavy atom. The van der Waals surface area contributed by atoms with Crippen LogP contribution >= 0.6 is 0 Å². The van der Waals surface area contributed by atoms with Crippen LogP contribution in [-0.4, -0.2) is 5.97 Å². The smallest absolute Gasteiger partial charge is 0.346 e. The van der Waals surface area contributed by atoms with E-state index in [4.69, 9.17) is 4.74 Å². The summed E-state index contributed by atoms with van der Waals surface area (Å²) in [7, 11) is 0. The van der Waals surface area contributed by atoms with Crippen molar-refractivity contribution in [3.63, 3.8) is 0 Å². The maximum absolute atomic E-state index is 14.5. The largest absolute Gasteiger partial charge is 0.423 e. The molecule has 0 bridgehead atoms. The number of esters is 1. The van der Waals surface area contributed by atoms with Crippen molar-refractivity contribution in [3.8, 4) is 16.9 Å². The third-order valence-electron chi connectivity index (χ3n) is 4.69. The van der Waals surface area contributed by atoms with E-state index in [1.54, 1.807) is 18.2 Å². The summed E-state index contributed by atoms with van der Waals surface area (Å²) in [6, 6.07) is 12.7. The van der Waals surface area contributed by atoms with E-state index in [0.717, 1.165) is 18.1 Å². The van der Waals surface area contributed by atoms with Gasteiger partial charge in [0.05, 0.1) is 5.56 Å². The second-order valence-electron chi connectivity index (χ2n) is 6.76. The van der Waals surface area contributed by atoms with Gasteiger partial charge < -0.3 is 4.74 Å². The Kier molecular flexibility index (Phi) is 6.37. The number of halogens is 3. The predicted octanol–water partition coefficient (Wildman–Crippen LogP) is 6.51. The molecule has 0 aromatic heterocycles. The Labute approximate surface area is 168 Å². The van der Waals surface area contributed by atoms with E-state index in [1.165, 1.54) is 30.3 Å². The molecule has 29 heavy (non-hydrogen) atoms. The first-order chi connectivity index (χ1) is 13.9. The van der Waals surface area contributed by atoms with Crippen LogP contribution in [0.5, 0.6) is 5.75 Å². The molecule has 0 spiro atoms. The zero-order valence-corrected chi connectivity index (χ0v) is 16.3. The van der Waals surface area contributed by atoms with Gasteiger partial charge in [-0.3, -0.25) is 0 Å². The quantitative estimate of drug-likeness (QED) is 0.350. The summed E-state index contributed by atoms with van der Waals surface area (Å²) in [5.41, 5.74) is 1.69. The molecule has 0 amide bonds. The molecule has 0 saturated carbocycles. The highest BCUT2D eigenvalue weighted by Gasteiger charge is 2.16. The van der Waals surface area contributed by atoms with Gasteiger partial charge in [0.2, 0.25) is 0 Å². The van der Waals surface area contributed by atoms with Gasteiger partial charge in [0.1, 0.15) is 23.2 Å². The fourth-order valence-corrected chi connectivity index (χ4v) is 3.13. The van der Waals surface area contributed by atoms with E-state index in [1.807, 2.05) is 13.8 Å². The number of hydrogen-bond acceptors (Lipinski definition) is 2. The lowest BCUT2D eigenvalue weighted by Crippen LogP contribution is -2.11. The summed E-state index contributed by atoms with van der Waals surface area (Å²) in [6.07, 6.45) is 2.11. The zero-order valence-electron chi connectivity index (χ0n) is 16.3. The van der Waals surface area contributed by atoms with Gasteiger partial charge in [0.25, 0.3) is 0 Å². The van der Waals surface area contributed by atoms with Gasteiger partial charge in [0, 0.05) is 11.6 Å². The van der Waals surface area contributed by atoms with E-state index >= 15 is 0 Å². The number of carbonyl (C=O) groups is 1. The lowest BCUT2D eigenvalue weighted by atomic mass is 10.0. The van der Waals surface area contributed by atoms with Crippen LogP contribution in [0.15, 0.2) is 54.6 Å². The Hall–Kier alpha value is -3.08. The van der Waals surface area contributed by atoms with Crippen LogP contribution in [0.2, 0.25) is 0 Å². The highest BCUT2D eigenvalue weighted by Crippen LogP contribution is 2.28. The molecule has 0 aliphatic carbocycles. The first kappa shape index (κ1) is 20.6. The van der Waals surface area contributed by atoms with Gasteiger partial charge in [-0.2, -0.15) is 0 Å². The lowest BCUT2D eigenvalue weighted by molar-refractivity contribution is 0.0729. The summed E-state index contributed by atoms with van der Waals surface area (Å²) < 4.78 is 47.8. The maximum atomic E-state index is 14.5. The van der Waals surface area contributed by atoms with Crippen LogP contribution in [0.1, 0.15) is 41.8 Å². The SMILES string of the molecule is CCCc1ccc(C(=O)Oc2ccc(-c3ccc(CC)c(F)c3)c(F)c2)c(F)c1. The highest BCUT2D eigenvalue weighted by molar-refractivity contribution is 5.91. The first-order valence-corrected chi connectivity index (χ1v) is 9.51. The minimum absolute atomic E-state index is 0.0565. The van der Waals surface area contributed by atoms with Crippen molar-refractivity contribution in [1.82, 2.24) is 0 Å². The Balaban J connectivity index is 1.80. The van der Waals surface area contributed by atoms with Gasteiger partial charge in [-0.05, 0) is 59.9 Å². The standard InChI is InChI=1S/C24H21F3O2/c1-3-5-15-6-10-20(22(26)12-15)24(28)29-18-9-11-19(23(27)14-18)17-8-7-16(4-2)21(25)13-17/h6-14H,3-5H2,1-2H3. The molecule has 0 N–H and O–H groups in total. The van der Waals surface area contributed by atoms with Gasteiger partial charge in [0.15, 0.2) is 0 Å². The van der Waals surface area contributed by atoms with Crippen LogP contribution < -0.4 is 4.74 Å². The number of rotatable bonds is 6. The van der Waals surface area contributed by atoms with Crippen molar-refractivity contribution in [2.75, 3.05) is 0 Å². The van der Waals surface area contributed by atoms with Crippen LogP contribution in [0.3, 0.4) is 0 Å². The molecule has 3 rings (SSSR count). The fraction of sp³-hybridized carbons (Fsp3) is 0.208. The molecule has 0 aliphatic heterocycles. The minimum Gasteiger partial charge on any atom is -0.423 e. The lowest BCUT2D eigenvalue weighted by Gasteiger charge is -2.10. The van der Waals surface area contributed by atoms with E-state index in [0.29, 0.717) is 24.0 Å². The van der Waals surface area contributed by atoms with Crippen LogP contribution in [0.25, 0.3) is 11.1 Å². The van der Waals surface area contributed by atoms with Crippen molar-refractivity contribution < 1.29 is 22.7 Å². The van der Waals surface area contributed by atoms with Crippen molar-refractivity contribution in [2.45, 2.75) is 33.1 Å². The Morgan fingerprint density at radius 3 is 2.28 bits per heavy atom. The third kappa shape index (κ3) is 4.67. The molecule has 0 aliphatic rings. The van der Waals surface area contributed by atoms with Crippen LogP contribution in [0.4, 0.5) is 13.2 Å². The zero-order chi connectivity index (χ0) is 21.0. The van der Waals surface area contributed by atoms with Crippen molar-refractivity contribution in [2.24, 2.45) is 0 Å². The van der Waals surface area contributed by atoms with Gasteiger partial charge in [-0.1, -0.05) is 38.5 Å². The molecule has 2 nitrogen and oxygen atoms in total. The summed E-state index contributed by atoms with van der Waals surface area (Å²) in [4.78, 5) is 12.3. The third-order valence-corrected chi connectivity index (χ3v) is 4.69. The second kappa shape index (κ2) is 8.95. The molecule has 0 atom stereocenters. The number of ether oxygens (including phenoxy) is 1. The van der Waals surface area contributed by atoms with E-state index in [2.05, 4.69) is 0 Å². The molecular formula is C24H21F3O2. The molecule has 0 heterocycles. The van der Waals surface area contributed by atoms with E-state index in [-0.39, 0.29) is 16.9 Å². The Morgan fingerprint density at radius 2 is 1.66 bits per heavy atom. The van der Waals surface area contributed by atoms with Crippen LogP contribution in [-0.2, 0) is 12.8 Å². The molecule has 5 heteroatoms. The summed E-state index contributed by atoms with van der Waals surface area (Å²) in [5, 5.41) is 0. The molecule has 0 saturated heterocycles. The fourth-order valence-electron chi connectivity index (χ4n) is 3.13. The molecule has 150 valence electrons. The summed E-state index contributed by atoms with van der Waals surface area (Å²) in [6.45, 7) is 3.81. The van der Waals surface area contributed by atoms with E-state index in [9.17, 15) is 18.0 Å². The number of hydrogen-bond donors (Lipinski definition) is 0. The maximum Gasteiger partial charge on any atom is 0.346 e. The monoisotopic (exact) mass is 398 g/mol. The van der Waals surface area contributed by atoms with Crippen molar-refractivity contribution >= 4 is 5.97 Å². The Bertz CT molecular complexity index is 1040. The number of aryl methyl sites for hydroxylation is 2. The topological polar surface area (TPSA) is 26.3 Å². The molecule has 0 radical (unpaired) electrons. The van der Waals surface area contributed by atoms with Gasteiger partial charge in [-0.15, -0.1) is 0 Å². The molecule has 0 fully saturated rings. The minimum atomic E-state index is -0.906. The van der Waals surface area contributed by atoms with Gasteiger partial charge >= 0.3 is 5.97 Å². The number of carbonyl (C=O) groups excluding carboxylic acids is 1. The summed E-state index contributed by atoms with van der Waals surface area (Å²) in [5.74, 6) is -2.71. The second-order valence-corrected chi connectivity index (χ2v) is 6.76. The number of benzene rings is 3. The predicted molar refractivity (Wildman–Crippen MR) is 107 cm³/mol. The van der Waals surface area contributed by atoms with E-state index < -0.39 is 23.4 Å². The summed E-state index contributed by atoms with van der Waals surface area (Å²) >= 11 is 0. The molecule has 3 aromatic carbocycles. The van der Waals surface area contributed by atoms with Crippen LogP contribution in [0, 0.1) is 17.5 Å². The van der Waals surface area contributed by atoms with Crippen molar-refractivity contribution in [3.05, 3.63) is 88.7 Å².